The van der Waals surface area contributed by atoms with Crippen LogP contribution in [-0.4, -0.2) is 82.1 Å². The third-order valence-corrected chi connectivity index (χ3v) is 8.27. The van der Waals surface area contributed by atoms with Crippen LogP contribution in [0.4, 0.5) is 5.13 Å². The molecule has 3 heterocycles. The fraction of sp³-hybridized carbons (Fsp3) is 0.417. The van der Waals surface area contributed by atoms with Crippen LogP contribution < -0.4 is 14.4 Å². The maximum Gasteiger partial charge on any atom is 0.273 e. The Kier molecular flexibility index (Phi) is 6.67. The molecule has 1 amide bonds. The topological polar surface area (TPSA) is 98.3 Å². The van der Waals surface area contributed by atoms with Gasteiger partial charge in [-0.05, 0) is 31.2 Å². The highest BCUT2D eigenvalue weighted by molar-refractivity contribution is 7.91. The van der Waals surface area contributed by atoms with Crippen molar-refractivity contribution in [2.45, 2.75) is 24.0 Å². The molecule has 5 rings (SSSR count). The molecule has 35 heavy (non-hydrogen) atoms. The second-order valence-electron chi connectivity index (χ2n) is 8.62. The van der Waals surface area contributed by atoms with Crippen molar-refractivity contribution >= 4 is 42.4 Å². The molecule has 2 aliphatic heterocycles. The smallest absolute Gasteiger partial charge is 0.273 e. The normalized spacial score (nSPS) is 20.6. The van der Waals surface area contributed by atoms with E-state index in [0.29, 0.717) is 53.2 Å². The van der Waals surface area contributed by atoms with Gasteiger partial charge in [0.1, 0.15) is 11.6 Å². The van der Waals surface area contributed by atoms with Gasteiger partial charge >= 0.3 is 0 Å². The predicted octanol–water partition coefficient (Wildman–Crippen LogP) is 2.59. The van der Waals surface area contributed by atoms with E-state index < -0.39 is 22.0 Å². The number of carbonyl (C=O) groups is 1. The first-order valence-electron chi connectivity index (χ1n) is 11.4. The summed E-state index contributed by atoms with van der Waals surface area (Å²) < 4.78 is 42.9. The number of rotatable bonds is 6. The lowest BCUT2D eigenvalue weighted by molar-refractivity contribution is -0.130. The van der Waals surface area contributed by atoms with Gasteiger partial charge in [0.05, 0.1) is 22.8 Å². The van der Waals surface area contributed by atoms with Crippen LogP contribution in [-0.2, 0) is 19.4 Å². The van der Waals surface area contributed by atoms with Crippen molar-refractivity contribution < 1.29 is 27.4 Å². The van der Waals surface area contributed by atoms with E-state index in [1.165, 1.54) is 17.4 Å². The molecule has 0 bridgehead atoms. The Bertz CT molecular complexity index is 1340. The van der Waals surface area contributed by atoms with Gasteiger partial charge in [0.25, 0.3) is 5.91 Å². The predicted molar refractivity (Wildman–Crippen MR) is 133 cm³/mol. The zero-order valence-corrected chi connectivity index (χ0v) is 21.2. The number of hydrogen-bond acceptors (Lipinski definition) is 9. The molecule has 2 unspecified atom stereocenters. The average Bonchev–Trinajstić information content (AvgIpc) is 3.27. The van der Waals surface area contributed by atoms with Crippen molar-refractivity contribution in [3.63, 3.8) is 0 Å². The molecule has 1 saturated heterocycles. The Morgan fingerprint density at radius 2 is 1.83 bits per heavy atom. The first-order valence-corrected chi connectivity index (χ1v) is 14.2. The molecule has 1 aromatic heterocycles. The van der Waals surface area contributed by atoms with Gasteiger partial charge in [-0.3, -0.25) is 14.6 Å². The molecule has 3 aromatic rings. The van der Waals surface area contributed by atoms with E-state index in [1.807, 2.05) is 24.3 Å². The average molecular weight is 518 g/mol. The molecule has 0 aliphatic carbocycles. The highest BCUT2D eigenvalue weighted by Gasteiger charge is 2.38. The maximum atomic E-state index is 13.9. The van der Waals surface area contributed by atoms with E-state index in [4.69, 9.17) is 14.2 Å². The number of benzene rings is 2. The fourth-order valence-corrected chi connectivity index (χ4v) is 6.16. The number of anilines is 1. The molecule has 2 aromatic carbocycles. The largest absolute Gasteiger partial charge is 0.482 e. The zero-order chi connectivity index (χ0) is 24.6. The number of carbonyl (C=O) groups excluding carboxylic acids is 1. The number of para-hydroxylation sites is 3. The first kappa shape index (κ1) is 24.0. The first-order chi connectivity index (χ1) is 16.8. The number of hydrogen-bond donors (Lipinski definition) is 0. The summed E-state index contributed by atoms with van der Waals surface area (Å²) >= 11 is 1.29. The Hall–Kier alpha value is -2.73. The molecular formula is C24H27N3O6S2. The van der Waals surface area contributed by atoms with Crippen LogP contribution in [0.2, 0.25) is 0 Å². The van der Waals surface area contributed by atoms with E-state index in [0.717, 1.165) is 19.3 Å². The molecule has 2 aliphatic rings. The van der Waals surface area contributed by atoms with E-state index >= 15 is 0 Å². The number of amides is 1. The lowest BCUT2D eigenvalue weighted by atomic mass is 10.1. The van der Waals surface area contributed by atoms with Crippen molar-refractivity contribution in [1.29, 1.82) is 0 Å². The second-order valence-corrected chi connectivity index (χ2v) is 11.6. The van der Waals surface area contributed by atoms with Crippen LogP contribution in [0.5, 0.6) is 11.5 Å². The van der Waals surface area contributed by atoms with Crippen LogP contribution in [0.1, 0.15) is 6.92 Å². The van der Waals surface area contributed by atoms with Crippen molar-refractivity contribution in [2.75, 3.05) is 50.5 Å². The summed E-state index contributed by atoms with van der Waals surface area (Å²) in [6.45, 7) is 5.68. The Balaban J connectivity index is 1.49. The van der Waals surface area contributed by atoms with Gasteiger partial charge in [0, 0.05) is 32.4 Å². The van der Waals surface area contributed by atoms with Crippen LogP contribution in [0.3, 0.4) is 0 Å². The molecule has 0 radical (unpaired) electrons. The van der Waals surface area contributed by atoms with E-state index in [-0.39, 0.29) is 10.8 Å². The van der Waals surface area contributed by atoms with Gasteiger partial charge in [0.2, 0.25) is 6.10 Å². The molecule has 186 valence electrons. The third kappa shape index (κ3) is 4.99. The Morgan fingerprint density at radius 3 is 2.54 bits per heavy atom. The van der Waals surface area contributed by atoms with E-state index in [2.05, 4.69) is 9.88 Å². The number of morpholine rings is 1. The highest BCUT2D eigenvalue weighted by Crippen LogP contribution is 2.36. The minimum Gasteiger partial charge on any atom is -0.482 e. The summed E-state index contributed by atoms with van der Waals surface area (Å²) in [5, 5.41) is 0.434. The lowest BCUT2D eigenvalue weighted by Gasteiger charge is -2.34. The second kappa shape index (κ2) is 9.73. The molecule has 0 N–H and O–H groups in total. The fourth-order valence-electron chi connectivity index (χ4n) is 4.24. The number of aromatic nitrogens is 1. The van der Waals surface area contributed by atoms with Gasteiger partial charge in [0.15, 0.2) is 26.5 Å². The van der Waals surface area contributed by atoms with Crippen LogP contribution >= 0.6 is 11.3 Å². The number of fused-ring (bicyclic) bond motifs is 2. The summed E-state index contributed by atoms with van der Waals surface area (Å²) in [5.41, 5.74) is 0.373. The highest BCUT2D eigenvalue weighted by atomic mass is 32.2. The zero-order valence-electron chi connectivity index (χ0n) is 19.5. The van der Waals surface area contributed by atoms with Crippen LogP contribution in [0.25, 0.3) is 10.2 Å². The van der Waals surface area contributed by atoms with Crippen LogP contribution in [0, 0.1) is 0 Å². The van der Waals surface area contributed by atoms with Crippen molar-refractivity contribution in [3.8, 4) is 11.5 Å². The Morgan fingerprint density at radius 1 is 1.11 bits per heavy atom. The Labute approximate surface area is 208 Å². The quantitative estimate of drug-likeness (QED) is 0.492. The minimum atomic E-state index is -3.48. The molecule has 11 heteroatoms. The molecule has 2 atom stereocenters. The lowest BCUT2D eigenvalue weighted by Crippen LogP contribution is -2.52. The number of thiazole rings is 1. The van der Waals surface area contributed by atoms with Crippen molar-refractivity contribution in [3.05, 3.63) is 42.5 Å². The SMILES string of the molecule is CC1Oc2ccccc2OC1C(=O)N(CCN1CCOCC1)c1nc2c(S(C)(=O)=O)cccc2s1. The summed E-state index contributed by atoms with van der Waals surface area (Å²) in [5.74, 6) is 0.836. The standard InChI is InChI=1S/C24H27N3O6S2/c1-16-22(33-18-7-4-3-6-17(18)32-16)23(28)27(11-10-26-12-14-31-15-13-26)24-25-21-19(34-24)8-5-9-20(21)35(2,29)30/h3-9,16,22H,10-15H2,1-2H3. The summed E-state index contributed by atoms with van der Waals surface area (Å²) in [6, 6.07) is 12.3. The van der Waals surface area contributed by atoms with Gasteiger partial charge in [-0.25, -0.2) is 13.4 Å². The molecule has 1 fully saturated rings. The molecule has 0 saturated carbocycles. The van der Waals surface area contributed by atoms with Crippen molar-refractivity contribution in [2.24, 2.45) is 0 Å². The van der Waals surface area contributed by atoms with E-state index in [1.54, 1.807) is 24.0 Å². The number of sulfone groups is 1. The third-order valence-electron chi connectivity index (χ3n) is 6.10. The summed E-state index contributed by atoms with van der Waals surface area (Å²) in [6.07, 6.45) is -0.214. The molecule has 0 spiro atoms. The number of nitrogens with zero attached hydrogens (tertiary/aromatic N) is 3. The van der Waals surface area contributed by atoms with Gasteiger partial charge in [-0.15, -0.1) is 0 Å². The van der Waals surface area contributed by atoms with Gasteiger partial charge < -0.3 is 14.2 Å². The van der Waals surface area contributed by atoms with Crippen LogP contribution in [0.15, 0.2) is 47.4 Å². The summed E-state index contributed by atoms with van der Waals surface area (Å²) in [7, 11) is -3.48. The monoisotopic (exact) mass is 517 g/mol. The summed E-state index contributed by atoms with van der Waals surface area (Å²) in [4.78, 5) is 22.5. The van der Waals surface area contributed by atoms with E-state index in [9.17, 15) is 13.2 Å². The minimum absolute atomic E-state index is 0.151. The molecular weight excluding hydrogens is 490 g/mol. The van der Waals surface area contributed by atoms with Gasteiger partial charge in [-0.1, -0.05) is 29.5 Å². The van der Waals surface area contributed by atoms with Gasteiger partial charge in [-0.2, -0.15) is 0 Å². The number of ether oxygens (including phenoxy) is 3. The van der Waals surface area contributed by atoms with Crippen molar-refractivity contribution in [1.82, 2.24) is 9.88 Å². The maximum absolute atomic E-state index is 13.9. The molecule has 9 nitrogen and oxygen atoms in total.